The zero-order valence-corrected chi connectivity index (χ0v) is 28.6. The van der Waals surface area contributed by atoms with E-state index in [0.717, 1.165) is 19.0 Å². The van der Waals surface area contributed by atoms with Gasteiger partial charge in [0.15, 0.2) is 11.5 Å². The van der Waals surface area contributed by atoms with Crippen LogP contribution >= 0.6 is 75.3 Å². The van der Waals surface area contributed by atoms with E-state index < -0.39 is 5.41 Å². The second-order valence-electron chi connectivity index (χ2n) is 9.59. The van der Waals surface area contributed by atoms with Crippen LogP contribution in [0, 0.1) is 0 Å². The zero-order valence-electron chi connectivity index (χ0n) is 21.5. The lowest BCUT2D eigenvalue weighted by molar-refractivity contribution is 0.269. The second kappa shape index (κ2) is 12.4. The smallest absolute Gasteiger partial charge is 0.282 e. The molecule has 0 amide bonds. The molecule has 204 valence electrons. The third-order valence-electron chi connectivity index (χ3n) is 5.63. The quantitative estimate of drug-likeness (QED) is 0.175. The van der Waals surface area contributed by atoms with Crippen molar-refractivity contribution in [1.29, 1.82) is 0 Å². The van der Waals surface area contributed by atoms with Crippen LogP contribution in [0.15, 0.2) is 70.3 Å². The van der Waals surface area contributed by atoms with Crippen LogP contribution < -0.4 is 15.0 Å². The molecule has 1 heterocycles. The van der Waals surface area contributed by atoms with E-state index in [1.165, 1.54) is 4.68 Å². The van der Waals surface area contributed by atoms with Crippen LogP contribution in [0.25, 0.3) is 10.9 Å². The minimum absolute atomic E-state index is 0.269. The Bertz CT molecular complexity index is 1650. The zero-order chi connectivity index (χ0) is 28.5. The van der Waals surface area contributed by atoms with Crippen LogP contribution in [0.2, 0.25) is 5.02 Å². The normalized spacial score (nSPS) is 11.9. The molecule has 0 unspecified atom stereocenters. The predicted molar refractivity (Wildman–Crippen MR) is 172 cm³/mol. The highest BCUT2D eigenvalue weighted by atomic mass is 79.9. The lowest BCUT2D eigenvalue weighted by atomic mass is 9.95. The minimum Gasteiger partial charge on any atom is -0.490 e. The molecule has 4 aromatic rings. The van der Waals surface area contributed by atoms with Gasteiger partial charge < -0.3 is 9.47 Å². The molecule has 11 heteroatoms. The van der Waals surface area contributed by atoms with E-state index in [1.54, 1.807) is 18.3 Å². The van der Waals surface area contributed by atoms with E-state index in [2.05, 4.69) is 68.8 Å². The molecule has 0 bridgehead atoms. The van der Waals surface area contributed by atoms with E-state index in [0.29, 0.717) is 49.9 Å². The van der Waals surface area contributed by atoms with Gasteiger partial charge >= 0.3 is 0 Å². The van der Waals surface area contributed by atoms with E-state index in [4.69, 9.17) is 26.1 Å². The number of halogens is 5. The third kappa shape index (κ3) is 6.78. The highest BCUT2D eigenvalue weighted by molar-refractivity contribution is 9.11. The van der Waals surface area contributed by atoms with Gasteiger partial charge in [-0.15, -0.1) is 0 Å². The van der Waals surface area contributed by atoms with Crippen LogP contribution in [-0.4, -0.2) is 22.5 Å². The summed E-state index contributed by atoms with van der Waals surface area (Å²) in [6.45, 7) is 8.52. The van der Waals surface area contributed by atoms with Gasteiger partial charge in [0.2, 0.25) is 0 Å². The van der Waals surface area contributed by atoms with Gasteiger partial charge in [0.05, 0.1) is 23.7 Å². The Morgan fingerprint density at radius 3 is 2.38 bits per heavy atom. The molecular formula is C28H24Br4ClN3O3. The largest absolute Gasteiger partial charge is 0.490 e. The summed E-state index contributed by atoms with van der Waals surface area (Å²) in [6, 6.07) is 13.1. The molecule has 0 aliphatic rings. The van der Waals surface area contributed by atoms with Gasteiger partial charge in [0.1, 0.15) is 17.5 Å². The number of hydrogen-bond acceptors (Lipinski definition) is 5. The van der Waals surface area contributed by atoms with Crippen LogP contribution in [0.4, 0.5) is 0 Å². The van der Waals surface area contributed by atoms with Crippen LogP contribution in [-0.2, 0) is 12.0 Å². The Labute approximate surface area is 265 Å². The molecule has 39 heavy (non-hydrogen) atoms. The van der Waals surface area contributed by atoms with E-state index >= 15 is 0 Å². The van der Waals surface area contributed by atoms with Gasteiger partial charge in [0.25, 0.3) is 5.56 Å². The number of nitrogens with zero attached hydrogens (tertiary/aromatic N) is 3. The molecule has 0 N–H and O–H groups in total. The standard InChI is InChI=1S/C28H24Br4ClN3O3/c1-5-38-22-10-16(23(32)24(33)25(22)39-14-15-6-7-18(30)12-20(15)31)13-34-36-26(37)19-11-17(29)8-9-21(19)35-27(36)28(2,3)4/h6-13H,5,14H2,1-4H3. The maximum Gasteiger partial charge on any atom is 0.282 e. The predicted octanol–water partition coefficient (Wildman–Crippen LogP) is 9.26. The fourth-order valence-electron chi connectivity index (χ4n) is 3.75. The van der Waals surface area contributed by atoms with Crippen LogP contribution in [0.3, 0.4) is 0 Å². The lowest BCUT2D eigenvalue weighted by Gasteiger charge is -2.21. The summed E-state index contributed by atoms with van der Waals surface area (Å²) < 4.78 is 16.5. The molecule has 0 aliphatic heterocycles. The first-order valence-corrected chi connectivity index (χ1v) is 15.4. The summed E-state index contributed by atoms with van der Waals surface area (Å²) in [5.41, 5.74) is 1.46. The highest BCUT2D eigenvalue weighted by Crippen LogP contribution is 2.43. The van der Waals surface area contributed by atoms with E-state index in [1.807, 2.05) is 58.0 Å². The number of rotatable bonds is 7. The van der Waals surface area contributed by atoms with Gasteiger partial charge in [0, 0.05) is 34.4 Å². The molecule has 0 aliphatic carbocycles. The molecule has 0 saturated carbocycles. The number of benzene rings is 3. The van der Waals surface area contributed by atoms with Gasteiger partial charge in [-0.3, -0.25) is 4.79 Å². The lowest BCUT2D eigenvalue weighted by Crippen LogP contribution is -2.29. The first-order valence-electron chi connectivity index (χ1n) is 11.9. The summed E-state index contributed by atoms with van der Waals surface area (Å²) in [5.74, 6) is 1.40. The van der Waals surface area contributed by atoms with Crippen LogP contribution in [0.1, 0.15) is 44.6 Å². The van der Waals surface area contributed by atoms with Crippen molar-refractivity contribution >= 4 is 92.4 Å². The molecule has 0 fully saturated rings. The summed E-state index contributed by atoms with van der Waals surface area (Å²) in [7, 11) is 0. The van der Waals surface area contributed by atoms with Crippen molar-refractivity contribution in [3.05, 3.63) is 92.7 Å². The van der Waals surface area contributed by atoms with Gasteiger partial charge in [-0.05, 0) is 59.3 Å². The summed E-state index contributed by atoms with van der Waals surface area (Å²) >= 11 is 20.8. The summed E-state index contributed by atoms with van der Waals surface area (Å²) in [6.07, 6.45) is 1.57. The van der Waals surface area contributed by atoms with Crippen molar-refractivity contribution in [2.24, 2.45) is 5.10 Å². The molecule has 6 nitrogen and oxygen atoms in total. The average Bonchev–Trinajstić information content (AvgIpc) is 2.86. The second-order valence-corrected chi connectivity index (χ2v) is 13.4. The maximum absolute atomic E-state index is 13.5. The molecule has 0 spiro atoms. The minimum atomic E-state index is -0.442. The third-order valence-corrected chi connectivity index (χ3v) is 8.80. The first-order chi connectivity index (χ1) is 18.4. The molecule has 0 radical (unpaired) electrons. The SMILES string of the molecule is CCOc1cc(C=Nn2c(C(C)(C)C)nc3ccc(Br)cc3c2=O)c(Br)c(Cl)c1OCc1ccc(Br)cc1Br. The monoisotopic (exact) mass is 801 g/mol. The maximum atomic E-state index is 13.5. The van der Waals surface area contributed by atoms with Gasteiger partial charge in [-0.25, -0.2) is 4.98 Å². The van der Waals surface area contributed by atoms with Gasteiger partial charge in [-0.1, -0.05) is 86.2 Å². The van der Waals surface area contributed by atoms with Crippen LogP contribution in [0.5, 0.6) is 11.5 Å². The van der Waals surface area contributed by atoms with E-state index in [9.17, 15) is 4.79 Å². The van der Waals surface area contributed by atoms with Gasteiger partial charge in [-0.2, -0.15) is 9.78 Å². The van der Waals surface area contributed by atoms with Crippen molar-refractivity contribution in [2.75, 3.05) is 6.61 Å². The molecule has 1 aromatic heterocycles. The molecule has 0 saturated heterocycles. The van der Waals surface area contributed by atoms with Crippen molar-refractivity contribution in [2.45, 2.75) is 39.7 Å². The van der Waals surface area contributed by atoms with Crippen molar-refractivity contribution in [1.82, 2.24) is 9.66 Å². The number of fused-ring (bicyclic) bond motifs is 1. The number of aromatic nitrogens is 2. The molecule has 4 rings (SSSR count). The summed E-state index contributed by atoms with van der Waals surface area (Å²) in [5, 5.41) is 5.37. The Balaban J connectivity index is 1.78. The van der Waals surface area contributed by atoms with Crippen molar-refractivity contribution < 1.29 is 9.47 Å². The average molecular weight is 806 g/mol. The Morgan fingerprint density at radius 1 is 1.03 bits per heavy atom. The topological polar surface area (TPSA) is 65.7 Å². The van der Waals surface area contributed by atoms with Crippen molar-refractivity contribution in [3.63, 3.8) is 0 Å². The first kappa shape index (κ1) is 30.2. The Hall–Kier alpha value is -1.72. The Morgan fingerprint density at radius 2 is 1.72 bits per heavy atom. The fraction of sp³-hybridized carbons (Fsp3) is 0.250. The van der Waals surface area contributed by atoms with E-state index in [-0.39, 0.29) is 12.2 Å². The fourth-order valence-corrected chi connectivity index (χ4v) is 5.92. The number of ether oxygens (including phenoxy) is 2. The summed E-state index contributed by atoms with van der Waals surface area (Å²) in [4.78, 5) is 18.3. The molecular weight excluding hydrogens is 781 g/mol. The van der Waals surface area contributed by atoms with Crippen molar-refractivity contribution in [3.8, 4) is 11.5 Å². The highest BCUT2D eigenvalue weighted by Gasteiger charge is 2.23. The molecule has 3 aromatic carbocycles. The Kier molecular flexibility index (Phi) is 9.64. The molecule has 0 atom stereocenters. The number of hydrogen-bond donors (Lipinski definition) is 0.